The largest absolute Gasteiger partial charge is 0.370 e. The van der Waals surface area contributed by atoms with Gasteiger partial charge in [0.1, 0.15) is 0 Å². The van der Waals surface area contributed by atoms with Crippen molar-refractivity contribution in [3.63, 3.8) is 0 Å². The summed E-state index contributed by atoms with van der Waals surface area (Å²) in [5, 5.41) is 9.00. The average Bonchev–Trinajstić information content (AvgIpc) is 3.40. The van der Waals surface area contributed by atoms with Crippen LogP contribution in [0.15, 0.2) is 29.3 Å². The second-order valence-corrected chi connectivity index (χ2v) is 12.3. The lowest BCUT2D eigenvalue weighted by Gasteiger charge is -2.33. The molecule has 1 aromatic carbocycles. The number of hydrogen-bond acceptors (Lipinski definition) is 4. The molecule has 0 amide bonds. The Labute approximate surface area is 226 Å². The molecule has 206 valence electrons. The number of rotatable bonds is 12. The van der Waals surface area contributed by atoms with E-state index in [-0.39, 0.29) is 0 Å². The smallest absolute Gasteiger partial charge is 0.194 e. The van der Waals surface area contributed by atoms with Gasteiger partial charge in [0.05, 0.1) is 18.6 Å². The molecule has 2 aliphatic heterocycles. The van der Waals surface area contributed by atoms with Gasteiger partial charge < -0.3 is 20.4 Å². The third-order valence-corrected chi connectivity index (χ3v) is 9.41. The fourth-order valence-corrected chi connectivity index (χ4v) is 6.63. The Hall–Kier alpha value is -2.24. The Balaban J connectivity index is 1.24. The van der Waals surface area contributed by atoms with Crippen molar-refractivity contribution < 1.29 is 0 Å². The van der Waals surface area contributed by atoms with Crippen molar-refractivity contribution in [2.45, 2.75) is 97.6 Å². The zero-order chi connectivity index (χ0) is 26.4. The summed E-state index contributed by atoms with van der Waals surface area (Å²) in [7, 11) is 0. The van der Waals surface area contributed by atoms with Crippen molar-refractivity contribution >= 4 is 11.9 Å². The molecule has 0 aromatic heterocycles. The SMILES string of the molecule is CCC(C)C1CN(CCCC[C@H]2CN=C(N)N2CC2CCC(C)CC2)C(=N)N1CCc1cccc(C)c1. The van der Waals surface area contributed by atoms with Crippen molar-refractivity contribution in [1.29, 1.82) is 5.41 Å². The van der Waals surface area contributed by atoms with Gasteiger partial charge in [-0.05, 0) is 68.8 Å². The van der Waals surface area contributed by atoms with E-state index in [1.165, 1.54) is 43.2 Å². The minimum absolute atomic E-state index is 0.444. The van der Waals surface area contributed by atoms with Crippen LogP contribution in [0.5, 0.6) is 0 Å². The highest BCUT2D eigenvalue weighted by Gasteiger charge is 2.36. The maximum atomic E-state index is 9.00. The van der Waals surface area contributed by atoms with Gasteiger partial charge in [-0.15, -0.1) is 0 Å². The molecule has 37 heavy (non-hydrogen) atoms. The molecule has 3 atom stereocenters. The minimum Gasteiger partial charge on any atom is -0.370 e. The molecule has 1 aliphatic carbocycles. The molecule has 1 saturated carbocycles. The van der Waals surface area contributed by atoms with E-state index in [9.17, 15) is 0 Å². The second kappa shape index (κ2) is 13.0. The van der Waals surface area contributed by atoms with Crippen LogP contribution in [0.2, 0.25) is 0 Å². The molecule has 6 heteroatoms. The molecule has 1 saturated heterocycles. The fourth-order valence-electron chi connectivity index (χ4n) is 6.63. The Bertz CT molecular complexity index is 905. The fraction of sp³-hybridized carbons (Fsp3) is 0.742. The zero-order valence-electron chi connectivity index (χ0n) is 24.0. The summed E-state index contributed by atoms with van der Waals surface area (Å²) in [6, 6.07) is 9.73. The van der Waals surface area contributed by atoms with Gasteiger partial charge in [0, 0.05) is 26.2 Å². The van der Waals surface area contributed by atoms with Crippen LogP contribution in [0.3, 0.4) is 0 Å². The summed E-state index contributed by atoms with van der Waals surface area (Å²) < 4.78 is 0. The van der Waals surface area contributed by atoms with E-state index in [1.807, 2.05) is 0 Å². The summed E-state index contributed by atoms with van der Waals surface area (Å²) in [5.74, 6) is 3.76. The topological polar surface area (TPSA) is 72.0 Å². The first-order valence-corrected chi connectivity index (χ1v) is 15.1. The van der Waals surface area contributed by atoms with Crippen LogP contribution in [0.4, 0.5) is 0 Å². The number of nitrogens with two attached hydrogens (primary N) is 1. The van der Waals surface area contributed by atoms with E-state index in [0.717, 1.165) is 82.2 Å². The maximum absolute atomic E-state index is 9.00. The zero-order valence-corrected chi connectivity index (χ0v) is 24.0. The normalized spacial score (nSPS) is 27.2. The van der Waals surface area contributed by atoms with Crippen LogP contribution >= 0.6 is 0 Å². The first-order valence-electron chi connectivity index (χ1n) is 15.1. The molecule has 4 rings (SSSR count). The third-order valence-electron chi connectivity index (χ3n) is 9.41. The monoisotopic (exact) mass is 508 g/mol. The Morgan fingerprint density at radius 3 is 2.62 bits per heavy atom. The van der Waals surface area contributed by atoms with Gasteiger partial charge in [-0.1, -0.05) is 69.9 Å². The van der Waals surface area contributed by atoms with Crippen LogP contribution in [-0.4, -0.2) is 71.4 Å². The molecule has 6 nitrogen and oxygen atoms in total. The molecule has 3 aliphatic rings. The molecule has 0 bridgehead atoms. The number of guanidine groups is 2. The maximum Gasteiger partial charge on any atom is 0.194 e. The van der Waals surface area contributed by atoms with E-state index in [2.05, 4.69) is 71.7 Å². The average molecular weight is 509 g/mol. The molecular weight excluding hydrogens is 456 g/mol. The molecule has 2 heterocycles. The number of nitrogens with zero attached hydrogens (tertiary/aromatic N) is 4. The summed E-state index contributed by atoms with van der Waals surface area (Å²) in [4.78, 5) is 11.8. The lowest BCUT2D eigenvalue weighted by molar-refractivity contribution is 0.211. The summed E-state index contributed by atoms with van der Waals surface area (Å²) >= 11 is 0. The minimum atomic E-state index is 0.444. The second-order valence-electron chi connectivity index (χ2n) is 12.3. The molecule has 2 fully saturated rings. The van der Waals surface area contributed by atoms with Gasteiger partial charge in [-0.25, -0.2) is 0 Å². The Kier molecular flexibility index (Phi) is 9.77. The lowest BCUT2D eigenvalue weighted by Crippen LogP contribution is -2.44. The van der Waals surface area contributed by atoms with Gasteiger partial charge in [-0.2, -0.15) is 0 Å². The van der Waals surface area contributed by atoms with Crippen molar-refractivity contribution in [1.82, 2.24) is 14.7 Å². The number of hydrogen-bond donors (Lipinski definition) is 2. The van der Waals surface area contributed by atoms with E-state index >= 15 is 0 Å². The van der Waals surface area contributed by atoms with Gasteiger partial charge in [-0.3, -0.25) is 10.4 Å². The van der Waals surface area contributed by atoms with Crippen molar-refractivity contribution in [2.24, 2.45) is 28.5 Å². The third kappa shape index (κ3) is 7.20. The van der Waals surface area contributed by atoms with E-state index in [0.29, 0.717) is 18.0 Å². The van der Waals surface area contributed by atoms with Gasteiger partial charge >= 0.3 is 0 Å². The Morgan fingerprint density at radius 2 is 1.89 bits per heavy atom. The molecule has 0 spiro atoms. The van der Waals surface area contributed by atoms with Crippen LogP contribution in [0, 0.1) is 30.1 Å². The quantitative estimate of drug-likeness (QED) is 0.366. The number of unbranched alkanes of at least 4 members (excludes halogenated alkanes) is 1. The summed E-state index contributed by atoms with van der Waals surface area (Å²) in [5.41, 5.74) is 9.01. The lowest BCUT2D eigenvalue weighted by atomic mass is 9.82. The molecule has 0 radical (unpaired) electrons. The number of aryl methyl sites for hydroxylation is 1. The predicted molar refractivity (Wildman–Crippen MR) is 156 cm³/mol. The van der Waals surface area contributed by atoms with Gasteiger partial charge in [0.2, 0.25) is 0 Å². The standard InChI is InChI=1S/C31H52N6/c1-5-25(4)29-22-35(31(33)36(29)18-16-26-10-8-9-24(3)19-26)17-7-6-11-28-20-34-30(32)37(28)21-27-14-12-23(2)13-15-27/h8-10,19,23,25,27-29,33H,5-7,11-18,20-22H2,1-4H3,(H2,32,34)/t23?,25?,27?,28-,29?/m0/s1. The summed E-state index contributed by atoms with van der Waals surface area (Å²) in [6.07, 6.45) is 11.0. The van der Waals surface area contributed by atoms with Crippen LogP contribution < -0.4 is 5.73 Å². The highest BCUT2D eigenvalue weighted by Crippen LogP contribution is 2.30. The highest BCUT2D eigenvalue weighted by atomic mass is 15.4. The van der Waals surface area contributed by atoms with Gasteiger partial charge in [0.25, 0.3) is 0 Å². The first-order chi connectivity index (χ1) is 17.9. The number of benzene rings is 1. The molecule has 1 aromatic rings. The van der Waals surface area contributed by atoms with Crippen molar-refractivity contribution in [3.8, 4) is 0 Å². The van der Waals surface area contributed by atoms with Crippen molar-refractivity contribution in [3.05, 3.63) is 35.4 Å². The highest BCUT2D eigenvalue weighted by molar-refractivity contribution is 5.80. The van der Waals surface area contributed by atoms with Crippen LogP contribution in [0.1, 0.15) is 83.3 Å². The van der Waals surface area contributed by atoms with Crippen LogP contribution in [-0.2, 0) is 6.42 Å². The molecule has 3 N–H and O–H groups in total. The van der Waals surface area contributed by atoms with E-state index in [4.69, 9.17) is 11.1 Å². The number of nitrogens with one attached hydrogen (secondary N) is 1. The first kappa shape index (κ1) is 27.8. The summed E-state index contributed by atoms with van der Waals surface area (Å²) in [6.45, 7) is 14.0. The van der Waals surface area contributed by atoms with E-state index in [1.54, 1.807) is 0 Å². The molecule has 2 unspecified atom stereocenters. The Morgan fingerprint density at radius 1 is 1.11 bits per heavy atom. The predicted octanol–water partition coefficient (Wildman–Crippen LogP) is 5.50. The van der Waals surface area contributed by atoms with Crippen LogP contribution in [0.25, 0.3) is 0 Å². The number of aliphatic imine (C=N–C) groups is 1. The van der Waals surface area contributed by atoms with E-state index < -0.39 is 0 Å². The van der Waals surface area contributed by atoms with Gasteiger partial charge in [0.15, 0.2) is 11.9 Å². The molecular formula is C31H52N6. The van der Waals surface area contributed by atoms with Crippen molar-refractivity contribution in [2.75, 3.05) is 32.7 Å².